The van der Waals surface area contributed by atoms with Gasteiger partial charge in [0.15, 0.2) is 5.76 Å². The lowest BCUT2D eigenvalue weighted by molar-refractivity contribution is -0.0504. The Balaban J connectivity index is 1.35. The second-order valence-electron chi connectivity index (χ2n) is 8.80. The maximum Gasteiger partial charge on any atom is 0.287 e. The van der Waals surface area contributed by atoms with Gasteiger partial charge in [-0.1, -0.05) is 15.9 Å². The fourth-order valence-corrected chi connectivity index (χ4v) is 6.63. The van der Waals surface area contributed by atoms with Gasteiger partial charge < -0.3 is 9.73 Å². The first-order valence-corrected chi connectivity index (χ1v) is 10.3. The van der Waals surface area contributed by atoms with Crippen molar-refractivity contribution in [1.29, 1.82) is 0 Å². The van der Waals surface area contributed by atoms with Crippen LogP contribution in [0.25, 0.3) is 11.0 Å². The molecule has 0 radical (unpaired) electrons. The fourth-order valence-electron chi connectivity index (χ4n) is 6.26. The van der Waals surface area contributed by atoms with Gasteiger partial charge in [0.1, 0.15) is 5.58 Å². The Morgan fingerprint density at radius 1 is 1.20 bits per heavy atom. The van der Waals surface area contributed by atoms with E-state index in [1.807, 2.05) is 25.1 Å². The van der Waals surface area contributed by atoms with E-state index in [9.17, 15) is 4.79 Å². The Hall–Kier alpha value is -1.29. The number of furan rings is 1. The SMILES string of the molecule is Cc1c(C(=O)NCC23CC4CC(CC(C4)C2)C3)oc2ccc(Br)cc12. The molecule has 0 spiro atoms. The maximum absolute atomic E-state index is 12.8. The summed E-state index contributed by atoms with van der Waals surface area (Å²) in [4.78, 5) is 12.8. The highest BCUT2D eigenvalue weighted by molar-refractivity contribution is 9.10. The number of halogens is 1. The van der Waals surface area contributed by atoms with E-state index in [4.69, 9.17) is 4.42 Å². The van der Waals surface area contributed by atoms with Crippen LogP contribution in [-0.4, -0.2) is 12.5 Å². The van der Waals surface area contributed by atoms with Crippen LogP contribution in [0.4, 0.5) is 0 Å². The smallest absolute Gasteiger partial charge is 0.287 e. The second-order valence-corrected chi connectivity index (χ2v) is 9.71. The van der Waals surface area contributed by atoms with E-state index in [2.05, 4.69) is 21.2 Å². The first-order chi connectivity index (χ1) is 12.0. The van der Waals surface area contributed by atoms with Gasteiger partial charge in [-0.15, -0.1) is 0 Å². The fraction of sp³-hybridized carbons (Fsp3) is 0.571. The standard InChI is InChI=1S/C21H24BrNO2/c1-12-17-7-16(22)2-3-18(17)25-19(12)20(24)23-11-21-8-13-4-14(9-21)6-15(5-13)10-21/h2-3,7,13-15H,4-6,8-11H2,1H3,(H,23,24). The summed E-state index contributed by atoms with van der Waals surface area (Å²) in [6.45, 7) is 2.79. The van der Waals surface area contributed by atoms with Gasteiger partial charge in [-0.2, -0.15) is 0 Å². The van der Waals surface area contributed by atoms with Gasteiger partial charge in [-0.05, 0) is 86.8 Å². The van der Waals surface area contributed by atoms with Gasteiger partial charge >= 0.3 is 0 Å². The largest absolute Gasteiger partial charge is 0.451 e. The van der Waals surface area contributed by atoms with Crippen molar-refractivity contribution < 1.29 is 9.21 Å². The van der Waals surface area contributed by atoms with Crippen LogP contribution in [0.5, 0.6) is 0 Å². The summed E-state index contributed by atoms with van der Waals surface area (Å²) in [5.41, 5.74) is 2.06. The molecule has 4 aliphatic carbocycles. The average molecular weight is 402 g/mol. The molecule has 4 heteroatoms. The van der Waals surface area contributed by atoms with Crippen molar-refractivity contribution in [2.75, 3.05) is 6.54 Å². The maximum atomic E-state index is 12.8. The number of carbonyl (C=O) groups is 1. The van der Waals surface area contributed by atoms with Crippen LogP contribution >= 0.6 is 15.9 Å². The van der Waals surface area contributed by atoms with Gasteiger partial charge in [-0.25, -0.2) is 0 Å². The lowest BCUT2D eigenvalue weighted by atomic mass is 9.49. The minimum Gasteiger partial charge on any atom is -0.451 e. The highest BCUT2D eigenvalue weighted by atomic mass is 79.9. The third-order valence-electron chi connectivity index (χ3n) is 6.89. The number of rotatable bonds is 3. The average Bonchev–Trinajstić information content (AvgIpc) is 2.88. The molecule has 3 nitrogen and oxygen atoms in total. The first-order valence-electron chi connectivity index (χ1n) is 9.48. The molecule has 1 N–H and O–H groups in total. The van der Waals surface area contributed by atoms with E-state index in [0.29, 0.717) is 11.2 Å². The monoisotopic (exact) mass is 401 g/mol. The Morgan fingerprint density at radius 3 is 2.48 bits per heavy atom. The molecule has 4 aliphatic rings. The Morgan fingerprint density at radius 2 is 1.84 bits per heavy atom. The molecule has 1 amide bonds. The zero-order valence-corrected chi connectivity index (χ0v) is 16.2. The van der Waals surface area contributed by atoms with Crippen molar-refractivity contribution in [3.8, 4) is 0 Å². The van der Waals surface area contributed by atoms with Crippen molar-refractivity contribution in [2.24, 2.45) is 23.2 Å². The highest BCUT2D eigenvalue weighted by Crippen LogP contribution is 2.59. The number of fused-ring (bicyclic) bond motifs is 1. The Kier molecular flexibility index (Phi) is 3.57. The van der Waals surface area contributed by atoms with Crippen LogP contribution < -0.4 is 5.32 Å². The summed E-state index contributed by atoms with van der Waals surface area (Å²) in [7, 11) is 0. The number of benzene rings is 1. The third-order valence-corrected chi connectivity index (χ3v) is 7.39. The molecule has 6 rings (SSSR count). The first kappa shape index (κ1) is 15.9. The molecule has 1 heterocycles. The molecule has 4 fully saturated rings. The zero-order chi connectivity index (χ0) is 17.2. The molecule has 0 aliphatic heterocycles. The molecule has 0 unspecified atom stereocenters. The molecule has 4 bridgehead atoms. The summed E-state index contributed by atoms with van der Waals surface area (Å²) in [6.07, 6.45) is 8.24. The van der Waals surface area contributed by atoms with Crippen molar-refractivity contribution in [2.45, 2.75) is 45.4 Å². The Labute approximate surface area is 156 Å². The van der Waals surface area contributed by atoms with Gasteiger partial charge in [0.2, 0.25) is 0 Å². The predicted octanol–water partition coefficient (Wildman–Crippen LogP) is 5.45. The number of aryl methyl sites for hydroxylation is 1. The van der Waals surface area contributed by atoms with Crippen molar-refractivity contribution in [3.63, 3.8) is 0 Å². The number of amides is 1. The number of hydrogen-bond acceptors (Lipinski definition) is 2. The van der Waals surface area contributed by atoms with Gasteiger partial charge in [0.25, 0.3) is 5.91 Å². The summed E-state index contributed by atoms with van der Waals surface area (Å²) in [5, 5.41) is 4.24. The summed E-state index contributed by atoms with van der Waals surface area (Å²) < 4.78 is 6.86. The molecular formula is C21H24BrNO2. The minimum atomic E-state index is -0.0550. The molecule has 1 aromatic heterocycles. The molecular weight excluding hydrogens is 378 g/mol. The normalized spacial score (nSPS) is 33.1. The van der Waals surface area contributed by atoms with Crippen LogP contribution in [-0.2, 0) is 0 Å². The molecule has 25 heavy (non-hydrogen) atoms. The number of carbonyl (C=O) groups excluding carboxylic acids is 1. The summed E-state index contributed by atoms with van der Waals surface area (Å²) >= 11 is 3.49. The number of hydrogen-bond donors (Lipinski definition) is 1. The summed E-state index contributed by atoms with van der Waals surface area (Å²) in [5.74, 6) is 3.15. The highest BCUT2D eigenvalue weighted by Gasteiger charge is 2.50. The predicted molar refractivity (Wildman–Crippen MR) is 102 cm³/mol. The van der Waals surface area contributed by atoms with Crippen molar-refractivity contribution in [3.05, 3.63) is 34.0 Å². The van der Waals surface area contributed by atoms with E-state index in [-0.39, 0.29) is 5.91 Å². The number of nitrogens with one attached hydrogen (secondary N) is 1. The molecule has 132 valence electrons. The van der Waals surface area contributed by atoms with E-state index in [0.717, 1.165) is 45.3 Å². The van der Waals surface area contributed by atoms with E-state index < -0.39 is 0 Å². The molecule has 1 aromatic carbocycles. The van der Waals surface area contributed by atoms with Gasteiger partial charge in [0.05, 0.1) is 0 Å². The van der Waals surface area contributed by atoms with Crippen LogP contribution in [0, 0.1) is 30.1 Å². The third kappa shape index (κ3) is 2.64. The minimum absolute atomic E-state index is 0.0550. The quantitative estimate of drug-likeness (QED) is 0.742. The van der Waals surface area contributed by atoms with Crippen LogP contribution in [0.3, 0.4) is 0 Å². The van der Waals surface area contributed by atoms with E-state index in [1.165, 1.54) is 38.5 Å². The zero-order valence-electron chi connectivity index (χ0n) is 14.6. The van der Waals surface area contributed by atoms with Crippen molar-refractivity contribution >= 4 is 32.8 Å². The second kappa shape index (κ2) is 5.60. The Bertz CT molecular complexity index is 818. The van der Waals surface area contributed by atoms with Crippen LogP contribution in [0.1, 0.15) is 54.6 Å². The molecule has 0 atom stereocenters. The van der Waals surface area contributed by atoms with E-state index in [1.54, 1.807) is 0 Å². The summed E-state index contributed by atoms with van der Waals surface area (Å²) in [6, 6.07) is 5.88. The van der Waals surface area contributed by atoms with Crippen molar-refractivity contribution in [1.82, 2.24) is 5.32 Å². The molecule has 4 saturated carbocycles. The van der Waals surface area contributed by atoms with Crippen LogP contribution in [0.2, 0.25) is 0 Å². The van der Waals surface area contributed by atoms with E-state index >= 15 is 0 Å². The molecule has 2 aromatic rings. The molecule has 0 saturated heterocycles. The topological polar surface area (TPSA) is 42.2 Å². The lowest BCUT2D eigenvalue weighted by Gasteiger charge is -2.56. The van der Waals surface area contributed by atoms with Gasteiger partial charge in [-0.3, -0.25) is 4.79 Å². The van der Waals surface area contributed by atoms with Gasteiger partial charge in [0, 0.05) is 22.0 Å². The lowest BCUT2D eigenvalue weighted by Crippen LogP contribution is -2.51. The van der Waals surface area contributed by atoms with Crippen LogP contribution in [0.15, 0.2) is 27.1 Å².